The van der Waals surface area contributed by atoms with Gasteiger partial charge in [-0.15, -0.1) is 11.3 Å². The van der Waals surface area contributed by atoms with Gasteiger partial charge in [0.05, 0.1) is 18.1 Å². The molecule has 1 N–H and O–H groups in total. The number of nitrogens with one attached hydrogen (secondary N) is 1. The molecule has 146 valence electrons. The largest absolute Gasteiger partial charge is 0.379 e. The maximum atomic E-state index is 13.0. The number of amides is 1. The summed E-state index contributed by atoms with van der Waals surface area (Å²) in [6.07, 6.45) is 0.774. The van der Waals surface area contributed by atoms with Gasteiger partial charge in [0.2, 0.25) is 0 Å². The summed E-state index contributed by atoms with van der Waals surface area (Å²) in [6.45, 7) is 7.08. The van der Waals surface area contributed by atoms with Crippen LogP contribution in [0, 0.1) is 6.92 Å². The fraction of sp³-hybridized carbons (Fsp3) is 0.348. The minimum atomic E-state index is 0.0385. The first kappa shape index (κ1) is 19.1. The molecule has 4 rings (SSSR count). The summed E-state index contributed by atoms with van der Waals surface area (Å²) in [5, 5.41) is 4.32. The summed E-state index contributed by atoms with van der Waals surface area (Å²) >= 11 is 1.59. The number of morpholine rings is 1. The Morgan fingerprint density at radius 2 is 1.86 bits per heavy atom. The summed E-state index contributed by atoms with van der Waals surface area (Å²) in [7, 11) is 0. The van der Waals surface area contributed by atoms with E-state index in [9.17, 15) is 4.79 Å². The highest BCUT2D eigenvalue weighted by Gasteiger charge is 2.19. The SMILES string of the molecule is Cc1ccc(Cc2c(C(=O)NCCN3CCOCC3)sc3ccccc23)cc1. The normalized spacial score (nSPS) is 15.0. The lowest BCUT2D eigenvalue weighted by Crippen LogP contribution is -2.41. The van der Waals surface area contributed by atoms with E-state index in [4.69, 9.17) is 4.74 Å². The first-order chi connectivity index (χ1) is 13.7. The van der Waals surface area contributed by atoms with Crippen molar-refractivity contribution in [3.8, 4) is 0 Å². The minimum absolute atomic E-state index is 0.0385. The molecule has 0 atom stereocenters. The molecule has 1 aliphatic rings. The van der Waals surface area contributed by atoms with Crippen molar-refractivity contribution in [2.24, 2.45) is 0 Å². The van der Waals surface area contributed by atoms with Crippen molar-refractivity contribution in [1.29, 1.82) is 0 Å². The maximum absolute atomic E-state index is 13.0. The van der Waals surface area contributed by atoms with Crippen molar-refractivity contribution >= 4 is 27.3 Å². The van der Waals surface area contributed by atoms with Gasteiger partial charge in [-0.1, -0.05) is 48.0 Å². The van der Waals surface area contributed by atoms with E-state index in [-0.39, 0.29) is 5.91 Å². The highest BCUT2D eigenvalue weighted by atomic mass is 32.1. The topological polar surface area (TPSA) is 41.6 Å². The Balaban J connectivity index is 1.51. The predicted molar refractivity (Wildman–Crippen MR) is 115 cm³/mol. The van der Waals surface area contributed by atoms with Gasteiger partial charge in [-0.05, 0) is 35.9 Å². The second-order valence-corrected chi connectivity index (χ2v) is 8.33. The summed E-state index contributed by atoms with van der Waals surface area (Å²) in [6, 6.07) is 16.9. The van der Waals surface area contributed by atoms with Crippen LogP contribution in [0.25, 0.3) is 10.1 Å². The molecule has 28 heavy (non-hydrogen) atoms. The van der Waals surface area contributed by atoms with Crippen molar-refractivity contribution in [2.75, 3.05) is 39.4 Å². The molecule has 0 bridgehead atoms. The number of hydrogen-bond donors (Lipinski definition) is 1. The number of nitrogens with zero attached hydrogens (tertiary/aromatic N) is 1. The summed E-state index contributed by atoms with van der Waals surface area (Å²) < 4.78 is 6.55. The second-order valence-electron chi connectivity index (χ2n) is 7.28. The Morgan fingerprint density at radius 3 is 2.64 bits per heavy atom. The minimum Gasteiger partial charge on any atom is -0.379 e. The standard InChI is InChI=1S/C23H26N2O2S/c1-17-6-8-18(9-7-17)16-20-19-4-2-3-5-21(19)28-22(20)23(26)24-10-11-25-12-14-27-15-13-25/h2-9H,10-16H2,1H3,(H,24,26). The zero-order valence-corrected chi connectivity index (χ0v) is 17.1. The average Bonchev–Trinajstić information content (AvgIpc) is 3.09. The molecule has 1 aliphatic heterocycles. The third kappa shape index (κ3) is 4.43. The van der Waals surface area contributed by atoms with E-state index >= 15 is 0 Å². The lowest BCUT2D eigenvalue weighted by molar-refractivity contribution is 0.0383. The molecule has 0 aliphatic carbocycles. The van der Waals surface area contributed by atoms with Crippen LogP contribution in [0.4, 0.5) is 0 Å². The molecule has 2 heterocycles. The van der Waals surface area contributed by atoms with Crippen molar-refractivity contribution in [1.82, 2.24) is 10.2 Å². The average molecular weight is 395 g/mol. The van der Waals surface area contributed by atoms with E-state index in [2.05, 4.69) is 53.5 Å². The van der Waals surface area contributed by atoms with Crippen LogP contribution in [0.5, 0.6) is 0 Å². The van der Waals surface area contributed by atoms with Crippen LogP contribution in [0.15, 0.2) is 48.5 Å². The molecule has 4 nitrogen and oxygen atoms in total. The number of fused-ring (bicyclic) bond motifs is 1. The van der Waals surface area contributed by atoms with Gasteiger partial charge in [-0.2, -0.15) is 0 Å². The summed E-state index contributed by atoms with van der Waals surface area (Å²) in [5.74, 6) is 0.0385. The molecule has 3 aromatic rings. The fourth-order valence-electron chi connectivity index (χ4n) is 3.60. The van der Waals surface area contributed by atoms with Crippen LogP contribution < -0.4 is 5.32 Å². The Bertz CT molecular complexity index is 943. The molecule has 0 radical (unpaired) electrons. The van der Waals surface area contributed by atoms with Crippen LogP contribution in [0.3, 0.4) is 0 Å². The molecule has 1 aromatic heterocycles. The summed E-state index contributed by atoms with van der Waals surface area (Å²) in [4.78, 5) is 16.1. The number of aryl methyl sites for hydroxylation is 1. The van der Waals surface area contributed by atoms with E-state index in [1.54, 1.807) is 11.3 Å². The zero-order valence-electron chi connectivity index (χ0n) is 16.2. The Morgan fingerprint density at radius 1 is 1.11 bits per heavy atom. The molecule has 2 aromatic carbocycles. The van der Waals surface area contributed by atoms with E-state index in [0.29, 0.717) is 6.54 Å². The van der Waals surface area contributed by atoms with Gasteiger partial charge in [-0.25, -0.2) is 0 Å². The van der Waals surface area contributed by atoms with Gasteiger partial charge < -0.3 is 10.1 Å². The molecule has 0 saturated carbocycles. The highest BCUT2D eigenvalue weighted by Crippen LogP contribution is 2.33. The Hall–Kier alpha value is -2.21. The maximum Gasteiger partial charge on any atom is 0.261 e. The van der Waals surface area contributed by atoms with Gasteiger partial charge in [0.25, 0.3) is 5.91 Å². The number of carbonyl (C=O) groups excluding carboxylic acids is 1. The van der Waals surface area contributed by atoms with Crippen LogP contribution in [0.1, 0.15) is 26.4 Å². The van der Waals surface area contributed by atoms with Gasteiger partial charge in [-0.3, -0.25) is 9.69 Å². The smallest absolute Gasteiger partial charge is 0.261 e. The van der Waals surface area contributed by atoms with Gasteiger partial charge >= 0.3 is 0 Å². The van der Waals surface area contributed by atoms with Crippen molar-refractivity contribution in [2.45, 2.75) is 13.3 Å². The zero-order chi connectivity index (χ0) is 19.3. The lowest BCUT2D eigenvalue weighted by Gasteiger charge is -2.26. The number of hydrogen-bond acceptors (Lipinski definition) is 4. The summed E-state index contributed by atoms with van der Waals surface area (Å²) in [5.41, 5.74) is 3.62. The van der Waals surface area contributed by atoms with Crippen LogP contribution in [-0.4, -0.2) is 50.2 Å². The number of benzene rings is 2. The highest BCUT2D eigenvalue weighted by molar-refractivity contribution is 7.21. The van der Waals surface area contributed by atoms with Crippen molar-refractivity contribution in [3.63, 3.8) is 0 Å². The molecule has 1 saturated heterocycles. The number of thiophene rings is 1. The van der Waals surface area contributed by atoms with Gasteiger partial charge in [0.15, 0.2) is 0 Å². The molecule has 1 fully saturated rings. The van der Waals surface area contributed by atoms with Crippen LogP contribution >= 0.6 is 11.3 Å². The predicted octanol–water partition coefficient (Wildman–Crippen LogP) is 3.86. The first-order valence-corrected chi connectivity index (χ1v) is 10.7. The Labute approximate surface area is 170 Å². The number of carbonyl (C=O) groups is 1. The van der Waals surface area contributed by atoms with E-state index in [1.165, 1.54) is 21.2 Å². The van der Waals surface area contributed by atoms with Crippen LogP contribution in [-0.2, 0) is 11.2 Å². The third-order valence-corrected chi connectivity index (χ3v) is 6.44. The lowest BCUT2D eigenvalue weighted by atomic mass is 10.0. The van der Waals surface area contributed by atoms with Gasteiger partial charge in [0, 0.05) is 30.9 Å². The molecule has 0 unspecified atom stereocenters. The quantitative estimate of drug-likeness (QED) is 0.690. The van der Waals surface area contributed by atoms with Gasteiger partial charge in [0.1, 0.15) is 0 Å². The van der Waals surface area contributed by atoms with E-state index in [0.717, 1.165) is 49.7 Å². The van der Waals surface area contributed by atoms with E-state index in [1.807, 2.05) is 12.1 Å². The monoisotopic (exact) mass is 394 g/mol. The first-order valence-electron chi connectivity index (χ1n) is 9.85. The molecular formula is C23H26N2O2S. The van der Waals surface area contributed by atoms with Crippen molar-refractivity contribution < 1.29 is 9.53 Å². The third-order valence-electron chi connectivity index (χ3n) is 5.22. The van der Waals surface area contributed by atoms with Crippen molar-refractivity contribution in [3.05, 3.63) is 70.1 Å². The molecule has 5 heteroatoms. The molecular weight excluding hydrogens is 368 g/mol. The fourth-order valence-corrected chi connectivity index (χ4v) is 4.74. The van der Waals surface area contributed by atoms with E-state index < -0.39 is 0 Å². The molecule has 1 amide bonds. The number of rotatable bonds is 6. The second kappa shape index (κ2) is 8.86. The van der Waals surface area contributed by atoms with Crippen LogP contribution in [0.2, 0.25) is 0 Å². The molecule has 0 spiro atoms. The number of ether oxygens (including phenoxy) is 1. The Kier molecular flexibility index (Phi) is 6.05.